The number of aromatic nitrogens is 2. The quantitative estimate of drug-likeness (QED) is 0.364. The largest absolute Gasteiger partial charge is 0.495 e. The van der Waals surface area contributed by atoms with Crippen LogP contribution in [0.3, 0.4) is 0 Å². The number of nitrogens with zero attached hydrogens (tertiary/aromatic N) is 3. The fourth-order valence-corrected chi connectivity index (χ4v) is 6.50. The van der Waals surface area contributed by atoms with Gasteiger partial charge in [0.1, 0.15) is 16.5 Å². The number of methoxy groups -OCH3 is 1. The van der Waals surface area contributed by atoms with Gasteiger partial charge in [-0.05, 0) is 60.2 Å². The topological polar surface area (TPSA) is 111 Å². The van der Waals surface area contributed by atoms with Crippen LogP contribution < -0.4 is 19.7 Å². The van der Waals surface area contributed by atoms with Crippen LogP contribution in [0.5, 0.6) is 11.5 Å². The lowest BCUT2D eigenvalue weighted by Crippen LogP contribution is -2.25. The average Bonchev–Trinajstić information content (AvgIpc) is 3.10. The highest BCUT2D eigenvalue weighted by Crippen LogP contribution is 2.36. The number of amides is 1. The van der Waals surface area contributed by atoms with E-state index in [0.29, 0.717) is 5.69 Å². The van der Waals surface area contributed by atoms with Crippen molar-refractivity contribution < 1.29 is 31.5 Å². The molecule has 4 heterocycles. The zero-order valence-electron chi connectivity index (χ0n) is 22.1. The zero-order chi connectivity index (χ0) is 28.7. The highest BCUT2D eigenvalue weighted by Gasteiger charge is 2.35. The minimum Gasteiger partial charge on any atom is -0.495 e. The number of hydrogen-bond acceptors (Lipinski definition) is 8. The normalized spacial score (nSPS) is 17.6. The van der Waals surface area contributed by atoms with Crippen molar-refractivity contribution in [1.29, 1.82) is 0 Å². The summed E-state index contributed by atoms with van der Waals surface area (Å²) in [5.41, 5.74) is 0.111. The van der Waals surface area contributed by atoms with E-state index < -0.39 is 44.1 Å². The standard InChI is InChI=1S/C29H26F2N4O5S/c1-39-23-11-17-3-2-7-35(28(17)33-16-23)22-5-4-18-14-32-21(9-19(18)10-22)15-34-29(36)20-12-24(30)27-25(13-20)41(37,38)26(31)6-8-40-27/h4-5,9-14,16,26H,2-3,6-8,15H2,1H3,(H,34,36)/t26-/m1/s1. The van der Waals surface area contributed by atoms with Gasteiger partial charge in [0, 0.05) is 35.8 Å². The van der Waals surface area contributed by atoms with Gasteiger partial charge in [0.25, 0.3) is 5.91 Å². The van der Waals surface area contributed by atoms with Crippen LogP contribution in [0, 0.1) is 5.82 Å². The Morgan fingerprint density at radius 3 is 2.83 bits per heavy atom. The van der Waals surface area contributed by atoms with Crippen LogP contribution in [0.2, 0.25) is 0 Å². The molecule has 41 heavy (non-hydrogen) atoms. The molecule has 9 nitrogen and oxygen atoms in total. The minimum absolute atomic E-state index is 0.000584. The first-order chi connectivity index (χ1) is 19.7. The van der Waals surface area contributed by atoms with Crippen LogP contribution in [0.25, 0.3) is 10.8 Å². The van der Waals surface area contributed by atoms with E-state index >= 15 is 0 Å². The summed E-state index contributed by atoms with van der Waals surface area (Å²) in [6, 6.07) is 11.7. The summed E-state index contributed by atoms with van der Waals surface area (Å²) in [6.07, 6.45) is 4.86. The Kier molecular flexibility index (Phi) is 6.94. The number of ether oxygens (including phenoxy) is 2. The van der Waals surface area contributed by atoms with E-state index in [1.807, 2.05) is 30.3 Å². The molecule has 6 rings (SSSR count). The lowest BCUT2D eigenvalue weighted by atomic mass is 10.0. The van der Waals surface area contributed by atoms with Gasteiger partial charge in [-0.3, -0.25) is 9.78 Å². The van der Waals surface area contributed by atoms with Crippen LogP contribution >= 0.6 is 0 Å². The van der Waals surface area contributed by atoms with E-state index in [4.69, 9.17) is 9.47 Å². The molecule has 2 aromatic carbocycles. The zero-order valence-corrected chi connectivity index (χ0v) is 22.9. The summed E-state index contributed by atoms with van der Waals surface area (Å²) in [5, 5.41) is 4.44. The van der Waals surface area contributed by atoms with E-state index in [-0.39, 0.29) is 18.7 Å². The summed E-state index contributed by atoms with van der Waals surface area (Å²) in [4.78, 5) is 23.4. The summed E-state index contributed by atoms with van der Waals surface area (Å²) < 4.78 is 64.4. The number of carbonyl (C=O) groups excluding carboxylic acids is 1. The molecular weight excluding hydrogens is 554 g/mol. The molecular formula is C29H26F2N4O5S. The number of anilines is 2. The second-order valence-corrected chi connectivity index (χ2v) is 11.9. The summed E-state index contributed by atoms with van der Waals surface area (Å²) in [7, 11) is -2.88. The third-order valence-electron chi connectivity index (χ3n) is 7.25. The number of rotatable bonds is 5. The lowest BCUT2D eigenvalue weighted by Gasteiger charge is -2.30. The van der Waals surface area contributed by atoms with E-state index in [2.05, 4.69) is 20.2 Å². The van der Waals surface area contributed by atoms with Gasteiger partial charge in [-0.25, -0.2) is 22.2 Å². The maximum atomic E-state index is 14.7. The van der Waals surface area contributed by atoms with Crippen LogP contribution in [0.15, 0.2) is 59.8 Å². The fraction of sp³-hybridized carbons (Fsp3) is 0.276. The second-order valence-electron chi connectivity index (χ2n) is 9.88. The Balaban J connectivity index is 1.23. The number of halogens is 2. The van der Waals surface area contributed by atoms with Crippen LogP contribution in [0.1, 0.15) is 34.5 Å². The Morgan fingerprint density at radius 1 is 1.15 bits per heavy atom. The molecule has 212 valence electrons. The Labute approximate surface area is 235 Å². The third kappa shape index (κ3) is 5.03. The number of nitrogens with one attached hydrogen (secondary N) is 1. The molecule has 0 saturated heterocycles. The number of fused-ring (bicyclic) bond motifs is 3. The van der Waals surface area contributed by atoms with Gasteiger partial charge >= 0.3 is 0 Å². The van der Waals surface area contributed by atoms with Crippen molar-refractivity contribution >= 4 is 38.0 Å². The molecule has 1 N–H and O–H groups in total. The first-order valence-electron chi connectivity index (χ1n) is 13.1. The lowest BCUT2D eigenvalue weighted by molar-refractivity contribution is 0.0949. The molecule has 2 aliphatic rings. The van der Waals surface area contributed by atoms with Gasteiger partial charge in [-0.1, -0.05) is 6.07 Å². The molecule has 2 aliphatic heterocycles. The number of pyridine rings is 2. The third-order valence-corrected chi connectivity index (χ3v) is 9.07. The van der Waals surface area contributed by atoms with Crippen molar-refractivity contribution in [2.45, 2.75) is 36.2 Å². The van der Waals surface area contributed by atoms with Crippen molar-refractivity contribution in [3.63, 3.8) is 0 Å². The molecule has 0 bridgehead atoms. The van der Waals surface area contributed by atoms with Gasteiger partial charge in [-0.15, -0.1) is 0 Å². The van der Waals surface area contributed by atoms with Crippen LogP contribution in [-0.4, -0.2) is 50.1 Å². The SMILES string of the molecule is COc1cnc2c(c1)CCCN2c1ccc2cnc(CNC(=O)c3cc(F)c4c(c3)S(=O)(=O)[C@@H](F)CCO4)cc2c1. The van der Waals surface area contributed by atoms with E-state index in [9.17, 15) is 22.0 Å². The van der Waals surface area contributed by atoms with Gasteiger partial charge in [0.2, 0.25) is 15.3 Å². The van der Waals surface area contributed by atoms with Gasteiger partial charge in [0.05, 0.1) is 32.2 Å². The average molecular weight is 581 g/mol. The summed E-state index contributed by atoms with van der Waals surface area (Å²) >= 11 is 0. The fourth-order valence-electron chi connectivity index (χ4n) is 5.11. The molecule has 0 unspecified atom stereocenters. The monoisotopic (exact) mass is 580 g/mol. The molecule has 1 atom stereocenters. The second kappa shape index (κ2) is 10.6. The summed E-state index contributed by atoms with van der Waals surface area (Å²) in [6.45, 7) is 0.522. The van der Waals surface area contributed by atoms with Crippen molar-refractivity contribution in [3.8, 4) is 11.5 Å². The van der Waals surface area contributed by atoms with Crippen molar-refractivity contribution in [3.05, 3.63) is 77.5 Å². The minimum atomic E-state index is -4.50. The molecule has 1 amide bonds. The van der Waals surface area contributed by atoms with Crippen LogP contribution in [0.4, 0.5) is 20.3 Å². The van der Waals surface area contributed by atoms with Gasteiger partial charge in [0.15, 0.2) is 11.6 Å². The number of carbonyl (C=O) groups is 1. The van der Waals surface area contributed by atoms with E-state index in [1.165, 1.54) is 0 Å². The van der Waals surface area contributed by atoms with Crippen molar-refractivity contribution in [2.24, 2.45) is 0 Å². The number of aryl methyl sites for hydroxylation is 1. The molecule has 4 aromatic rings. The number of benzene rings is 2. The molecule has 0 aliphatic carbocycles. The Bertz CT molecular complexity index is 1780. The van der Waals surface area contributed by atoms with Crippen molar-refractivity contribution in [2.75, 3.05) is 25.2 Å². The molecule has 0 saturated carbocycles. The highest BCUT2D eigenvalue weighted by atomic mass is 32.2. The highest BCUT2D eigenvalue weighted by molar-refractivity contribution is 7.92. The maximum Gasteiger partial charge on any atom is 0.251 e. The van der Waals surface area contributed by atoms with Crippen LogP contribution in [-0.2, 0) is 22.8 Å². The predicted octanol–water partition coefficient (Wildman–Crippen LogP) is 4.64. The first kappa shape index (κ1) is 26.9. The van der Waals surface area contributed by atoms with Crippen molar-refractivity contribution in [1.82, 2.24) is 15.3 Å². The smallest absolute Gasteiger partial charge is 0.251 e. The Hall–Kier alpha value is -4.32. The molecule has 0 radical (unpaired) electrons. The first-order valence-corrected chi connectivity index (χ1v) is 14.6. The molecule has 2 aromatic heterocycles. The summed E-state index contributed by atoms with van der Waals surface area (Å²) in [5.74, 6) is -0.744. The molecule has 12 heteroatoms. The van der Waals surface area contributed by atoms with Gasteiger partial charge in [-0.2, -0.15) is 0 Å². The number of alkyl halides is 1. The Morgan fingerprint density at radius 2 is 2.00 bits per heavy atom. The molecule has 0 fully saturated rings. The molecule has 0 spiro atoms. The van der Waals surface area contributed by atoms with Gasteiger partial charge < -0.3 is 19.7 Å². The van der Waals surface area contributed by atoms with E-state index in [0.717, 1.165) is 65.1 Å². The predicted molar refractivity (Wildman–Crippen MR) is 148 cm³/mol. The van der Waals surface area contributed by atoms with E-state index in [1.54, 1.807) is 19.5 Å². The number of hydrogen-bond donors (Lipinski definition) is 1. The number of sulfone groups is 1. The maximum absolute atomic E-state index is 14.7.